The molecule has 4 fully saturated rings. The number of carboxylic acids is 1. The van der Waals surface area contributed by atoms with E-state index in [1.54, 1.807) is 18.6 Å². The Kier molecular flexibility index (Phi) is 4.29. The lowest BCUT2D eigenvalue weighted by atomic mass is 9.48. The first kappa shape index (κ1) is 18.2. The number of nitrogens with two attached hydrogens (primary N) is 1. The van der Waals surface area contributed by atoms with Crippen molar-refractivity contribution in [3.63, 3.8) is 0 Å². The van der Waals surface area contributed by atoms with Crippen LogP contribution in [0.5, 0.6) is 5.75 Å². The number of hydrogen-bond donors (Lipinski definition) is 2. The molecule has 0 amide bonds. The minimum absolute atomic E-state index is 0.234. The number of benzene rings is 1. The Hall–Kier alpha value is -1.85. The van der Waals surface area contributed by atoms with E-state index in [-0.39, 0.29) is 11.5 Å². The van der Waals surface area contributed by atoms with E-state index in [0.29, 0.717) is 5.56 Å². The van der Waals surface area contributed by atoms with Gasteiger partial charge in [-0.1, -0.05) is 6.07 Å². The third-order valence-corrected chi connectivity index (χ3v) is 8.38. The average molecular weight is 398 g/mol. The van der Waals surface area contributed by atoms with Crippen molar-refractivity contribution in [3.05, 3.63) is 51.2 Å². The van der Waals surface area contributed by atoms with Gasteiger partial charge < -0.3 is 15.6 Å². The molecule has 3 N–H and O–H groups in total. The van der Waals surface area contributed by atoms with Crippen LogP contribution in [0.1, 0.15) is 70.9 Å². The molecule has 4 aliphatic carbocycles. The molecule has 5 heteroatoms. The van der Waals surface area contributed by atoms with Crippen LogP contribution in [0.4, 0.5) is 0 Å². The lowest BCUT2D eigenvalue weighted by Gasteiger charge is -2.57. The van der Waals surface area contributed by atoms with Crippen LogP contribution < -0.4 is 10.5 Å². The van der Waals surface area contributed by atoms with Gasteiger partial charge in [-0.3, -0.25) is 0 Å². The summed E-state index contributed by atoms with van der Waals surface area (Å²) in [5.41, 5.74) is 9.48. The largest absolute Gasteiger partial charge is 0.496 e. The first-order chi connectivity index (χ1) is 13.5. The van der Waals surface area contributed by atoms with E-state index >= 15 is 0 Å². The molecular weight excluding hydrogens is 370 g/mol. The second-order valence-electron chi connectivity index (χ2n) is 9.18. The Bertz CT molecular complexity index is 883. The Morgan fingerprint density at radius 3 is 2.36 bits per heavy atom. The average Bonchev–Trinajstić information content (AvgIpc) is 3.16. The summed E-state index contributed by atoms with van der Waals surface area (Å²) < 4.78 is 5.79. The maximum absolute atomic E-state index is 11.2. The fourth-order valence-electron chi connectivity index (χ4n) is 6.57. The lowest BCUT2D eigenvalue weighted by Crippen LogP contribution is -2.48. The Morgan fingerprint density at radius 1 is 1.18 bits per heavy atom. The van der Waals surface area contributed by atoms with Crippen LogP contribution >= 0.6 is 11.3 Å². The second kappa shape index (κ2) is 6.60. The van der Waals surface area contributed by atoms with E-state index in [9.17, 15) is 9.90 Å². The molecule has 2 aromatic rings. The summed E-state index contributed by atoms with van der Waals surface area (Å²) in [4.78, 5) is 12.1. The predicted molar refractivity (Wildman–Crippen MR) is 110 cm³/mol. The minimum Gasteiger partial charge on any atom is -0.496 e. The summed E-state index contributed by atoms with van der Waals surface area (Å²) in [6.07, 6.45) is 8.05. The van der Waals surface area contributed by atoms with Gasteiger partial charge in [-0.2, -0.15) is 0 Å². The molecule has 0 aliphatic heterocycles. The second-order valence-corrected chi connectivity index (χ2v) is 10.1. The molecular formula is C23H27NO3S. The zero-order valence-corrected chi connectivity index (χ0v) is 17.0. The molecule has 4 saturated carbocycles. The number of ether oxygens (including phenoxy) is 1. The molecule has 4 aliphatic rings. The zero-order chi connectivity index (χ0) is 19.5. The summed E-state index contributed by atoms with van der Waals surface area (Å²) in [5.74, 6) is 2.67. The highest BCUT2D eigenvalue weighted by molar-refractivity contribution is 7.10. The van der Waals surface area contributed by atoms with Crippen molar-refractivity contribution in [2.24, 2.45) is 23.5 Å². The summed E-state index contributed by atoms with van der Waals surface area (Å²) in [5, 5.41) is 10.9. The van der Waals surface area contributed by atoms with Crippen molar-refractivity contribution >= 4 is 17.3 Å². The van der Waals surface area contributed by atoms with Crippen molar-refractivity contribution in [2.45, 2.75) is 50.0 Å². The van der Waals surface area contributed by atoms with Gasteiger partial charge >= 0.3 is 5.97 Å². The quantitative estimate of drug-likeness (QED) is 0.747. The van der Waals surface area contributed by atoms with Gasteiger partial charge in [-0.25, -0.2) is 4.79 Å². The van der Waals surface area contributed by atoms with E-state index in [2.05, 4.69) is 12.1 Å². The molecule has 1 aromatic carbocycles. The van der Waals surface area contributed by atoms with Crippen LogP contribution in [0.15, 0.2) is 29.6 Å². The topological polar surface area (TPSA) is 72.5 Å². The molecule has 28 heavy (non-hydrogen) atoms. The number of methoxy groups -OCH3 is 1. The maximum atomic E-state index is 11.2. The number of carboxylic acid groups (broad SMARTS) is 1. The van der Waals surface area contributed by atoms with Crippen LogP contribution in [0, 0.1) is 17.8 Å². The lowest BCUT2D eigenvalue weighted by molar-refractivity contribution is -0.00619. The third kappa shape index (κ3) is 2.87. The molecule has 6 rings (SSSR count). The fraction of sp³-hybridized carbons (Fsp3) is 0.522. The highest BCUT2D eigenvalue weighted by atomic mass is 32.1. The van der Waals surface area contributed by atoms with Gasteiger partial charge in [0.25, 0.3) is 0 Å². The number of carbonyl (C=O) groups is 1. The molecule has 1 unspecified atom stereocenters. The third-order valence-electron chi connectivity index (χ3n) is 7.37. The Morgan fingerprint density at radius 2 is 1.82 bits per heavy atom. The fourth-order valence-corrected chi connectivity index (χ4v) is 7.48. The van der Waals surface area contributed by atoms with Crippen LogP contribution in [0.3, 0.4) is 0 Å². The van der Waals surface area contributed by atoms with Gasteiger partial charge in [-0.05, 0) is 85.5 Å². The van der Waals surface area contributed by atoms with Crippen LogP contribution in [0.25, 0.3) is 0 Å². The van der Waals surface area contributed by atoms with Crippen molar-refractivity contribution in [1.82, 2.24) is 0 Å². The minimum atomic E-state index is -0.904. The highest BCUT2D eigenvalue weighted by Crippen LogP contribution is 2.62. The van der Waals surface area contributed by atoms with Gasteiger partial charge in [0.05, 0.1) is 18.7 Å². The molecule has 4 nitrogen and oxygen atoms in total. The van der Waals surface area contributed by atoms with Gasteiger partial charge in [0.1, 0.15) is 5.75 Å². The smallest absolute Gasteiger partial charge is 0.336 e. The zero-order valence-electron chi connectivity index (χ0n) is 16.2. The first-order valence-electron chi connectivity index (χ1n) is 10.2. The number of thiophene rings is 1. The molecule has 4 bridgehead atoms. The van der Waals surface area contributed by atoms with Crippen molar-refractivity contribution in [2.75, 3.05) is 7.11 Å². The summed E-state index contributed by atoms with van der Waals surface area (Å²) >= 11 is 1.42. The monoisotopic (exact) mass is 397 g/mol. The number of aromatic carboxylic acids is 1. The molecule has 1 atom stereocenters. The van der Waals surface area contributed by atoms with E-state index < -0.39 is 5.97 Å². The van der Waals surface area contributed by atoms with E-state index in [1.165, 1.54) is 55.4 Å². The molecule has 0 saturated heterocycles. The summed E-state index contributed by atoms with van der Waals surface area (Å²) in [7, 11) is 1.76. The van der Waals surface area contributed by atoms with E-state index in [0.717, 1.165) is 33.9 Å². The van der Waals surface area contributed by atoms with Crippen molar-refractivity contribution < 1.29 is 14.6 Å². The first-order valence-corrected chi connectivity index (χ1v) is 11.1. The van der Waals surface area contributed by atoms with Gasteiger partial charge in [0.15, 0.2) is 0 Å². The van der Waals surface area contributed by atoms with Crippen LogP contribution in [-0.4, -0.2) is 18.2 Å². The van der Waals surface area contributed by atoms with E-state index in [4.69, 9.17) is 10.5 Å². The number of rotatable bonds is 5. The van der Waals surface area contributed by atoms with Gasteiger partial charge in [0.2, 0.25) is 0 Å². The predicted octanol–water partition coefficient (Wildman–Crippen LogP) is 4.97. The summed E-state index contributed by atoms with van der Waals surface area (Å²) in [6, 6.07) is 7.75. The standard InChI is InChI=1S/C23H27NO3S/c1-27-19-3-2-16(21(24)20-8-17(12-28-20)22(25)26)7-18(19)23-9-13-4-14(10-23)6-15(5-13)11-23/h2-3,7-8,12-15,21H,4-6,9-11,24H2,1H3,(H,25,26). The molecule has 1 heterocycles. The normalized spacial score (nSPS) is 31.7. The Balaban J connectivity index is 1.53. The Labute approximate surface area is 169 Å². The highest BCUT2D eigenvalue weighted by Gasteiger charge is 2.52. The van der Waals surface area contributed by atoms with Crippen molar-refractivity contribution in [1.29, 1.82) is 0 Å². The molecule has 148 valence electrons. The number of hydrogen-bond acceptors (Lipinski definition) is 4. The molecule has 0 spiro atoms. The van der Waals surface area contributed by atoms with Crippen molar-refractivity contribution in [3.8, 4) is 5.75 Å². The van der Waals surface area contributed by atoms with Crippen LogP contribution in [0.2, 0.25) is 0 Å². The molecule has 1 aromatic heterocycles. The van der Waals surface area contributed by atoms with Gasteiger partial charge in [0, 0.05) is 15.8 Å². The van der Waals surface area contributed by atoms with Crippen LogP contribution in [-0.2, 0) is 5.41 Å². The summed E-state index contributed by atoms with van der Waals surface area (Å²) in [6.45, 7) is 0. The maximum Gasteiger partial charge on any atom is 0.336 e. The van der Waals surface area contributed by atoms with E-state index in [1.807, 2.05) is 6.07 Å². The SMILES string of the molecule is COc1ccc(C(N)c2cc(C(=O)O)cs2)cc1C12CC3CC(CC(C3)C1)C2. The van der Waals surface area contributed by atoms with Gasteiger partial charge in [-0.15, -0.1) is 11.3 Å². The molecule has 0 radical (unpaired) electrons.